The van der Waals surface area contributed by atoms with Gasteiger partial charge in [-0.25, -0.2) is 27.0 Å². The highest BCUT2D eigenvalue weighted by molar-refractivity contribution is 7.89. The highest BCUT2D eigenvalue weighted by Gasteiger charge is 2.42. The van der Waals surface area contributed by atoms with E-state index in [-0.39, 0.29) is 48.4 Å². The molecule has 42 heavy (non-hydrogen) atoms. The van der Waals surface area contributed by atoms with Crippen molar-refractivity contribution in [3.63, 3.8) is 0 Å². The average molecular weight is 595 g/mol. The highest BCUT2D eigenvalue weighted by atomic mass is 32.2. The Hall–Kier alpha value is -4.59. The number of aliphatic hydroxyl groups is 1. The second-order valence-corrected chi connectivity index (χ2v) is 11.1. The van der Waals surface area contributed by atoms with Crippen molar-refractivity contribution < 1.29 is 36.9 Å². The summed E-state index contributed by atoms with van der Waals surface area (Å²) in [5.41, 5.74) is 1.93. The summed E-state index contributed by atoms with van der Waals surface area (Å²) < 4.78 is 59.0. The summed E-state index contributed by atoms with van der Waals surface area (Å²) in [5.74, 6) is -1.40. The molecule has 0 saturated heterocycles. The van der Waals surface area contributed by atoms with Gasteiger partial charge in [0.05, 0.1) is 23.7 Å². The normalized spacial score (nSPS) is 15.9. The second kappa shape index (κ2) is 12.9. The van der Waals surface area contributed by atoms with Crippen molar-refractivity contribution in [1.82, 2.24) is 19.7 Å². The molecule has 0 unspecified atom stereocenters. The van der Waals surface area contributed by atoms with E-state index >= 15 is 0 Å². The van der Waals surface area contributed by atoms with Crippen LogP contribution in [0.15, 0.2) is 108 Å². The molecule has 1 aromatic heterocycles. The van der Waals surface area contributed by atoms with Crippen molar-refractivity contribution in [2.24, 2.45) is 0 Å². The minimum Gasteiger partial charge on any atom is -0.485 e. The fraction of sp³-hybridized carbons (Fsp3) is 0.207. The second-order valence-electron chi connectivity index (χ2n) is 9.35. The lowest BCUT2D eigenvalue weighted by Gasteiger charge is -2.20. The molecule has 5 rings (SSSR count). The van der Waals surface area contributed by atoms with Crippen LogP contribution < -0.4 is 4.72 Å². The van der Waals surface area contributed by atoms with Gasteiger partial charge in [-0.05, 0) is 35.4 Å². The number of nitrogens with zero attached hydrogens (tertiary/aromatic N) is 3. The van der Waals surface area contributed by atoms with E-state index in [0.29, 0.717) is 0 Å². The van der Waals surface area contributed by atoms with Crippen LogP contribution in [0.5, 0.6) is 0 Å². The van der Waals surface area contributed by atoms with Gasteiger partial charge in [0, 0.05) is 6.20 Å². The van der Waals surface area contributed by atoms with Gasteiger partial charge in [0.15, 0.2) is 11.9 Å². The van der Waals surface area contributed by atoms with Crippen molar-refractivity contribution >= 4 is 16.0 Å². The van der Waals surface area contributed by atoms with Crippen LogP contribution in [0, 0.1) is 5.82 Å². The zero-order valence-electron chi connectivity index (χ0n) is 22.2. The van der Waals surface area contributed by atoms with Crippen molar-refractivity contribution in [3.05, 3.63) is 125 Å². The number of carbonyl (C=O) groups excluding carboxylic acids is 1. The number of carbonyl (C=O) groups is 1. The molecule has 2 heterocycles. The number of rotatable bonds is 13. The summed E-state index contributed by atoms with van der Waals surface area (Å²) >= 11 is 0. The Kier molecular flexibility index (Phi) is 8.91. The first-order valence-electron chi connectivity index (χ1n) is 12.9. The molecule has 0 spiro atoms. The summed E-state index contributed by atoms with van der Waals surface area (Å²) in [6.07, 6.45) is -1.05. The first-order chi connectivity index (χ1) is 20.3. The van der Waals surface area contributed by atoms with E-state index < -0.39 is 34.0 Å². The van der Waals surface area contributed by atoms with Gasteiger partial charge in [-0.3, -0.25) is 0 Å². The van der Waals surface area contributed by atoms with E-state index in [4.69, 9.17) is 14.2 Å². The number of hydrogen-bond donors (Lipinski definition) is 2. The largest absolute Gasteiger partial charge is 0.485 e. The Morgan fingerprint density at radius 1 is 0.952 bits per heavy atom. The van der Waals surface area contributed by atoms with Gasteiger partial charge in [0.1, 0.15) is 25.1 Å². The first kappa shape index (κ1) is 28.9. The molecule has 2 N–H and O–H groups in total. The third-order valence-electron chi connectivity index (χ3n) is 6.24. The number of esters is 1. The third-order valence-corrected chi connectivity index (χ3v) is 7.66. The Bertz CT molecular complexity index is 1650. The van der Waals surface area contributed by atoms with Crippen LogP contribution in [0.3, 0.4) is 0 Å². The van der Waals surface area contributed by atoms with Gasteiger partial charge >= 0.3 is 5.97 Å². The van der Waals surface area contributed by atoms with Crippen molar-refractivity contribution in [1.29, 1.82) is 0 Å². The Morgan fingerprint density at radius 3 is 2.21 bits per heavy atom. The molecule has 1 aliphatic rings. The number of hydrogen-bond acceptors (Lipinski definition) is 9. The van der Waals surface area contributed by atoms with E-state index in [1.807, 2.05) is 60.7 Å². The maximum absolute atomic E-state index is 13.1. The molecule has 0 aliphatic carbocycles. The molecule has 11 nitrogen and oxygen atoms in total. The number of benzene rings is 3. The zero-order valence-corrected chi connectivity index (χ0v) is 23.0. The van der Waals surface area contributed by atoms with Crippen molar-refractivity contribution in [2.75, 3.05) is 0 Å². The van der Waals surface area contributed by atoms with Gasteiger partial charge in [-0.15, -0.1) is 5.10 Å². The number of cyclic esters (lactones) is 1. The molecule has 13 heteroatoms. The van der Waals surface area contributed by atoms with Crippen LogP contribution in [0.25, 0.3) is 0 Å². The molecule has 3 aromatic carbocycles. The molecule has 1 aliphatic heterocycles. The molecule has 0 fully saturated rings. The van der Waals surface area contributed by atoms with Crippen molar-refractivity contribution in [3.8, 4) is 0 Å². The van der Waals surface area contributed by atoms with Crippen LogP contribution >= 0.6 is 0 Å². The van der Waals surface area contributed by atoms with Crippen LogP contribution in [0.1, 0.15) is 16.8 Å². The summed E-state index contributed by atoms with van der Waals surface area (Å²) in [6.45, 7) is -0.153. The quantitative estimate of drug-likeness (QED) is 0.224. The SMILES string of the molecule is O=C1O[C@H]([C@@H](O)Cn2cc(CNS(=O)(=O)c3ccc(F)cc3)nn2)C(OCc2ccccc2)=C1OCc1ccccc1. The maximum Gasteiger partial charge on any atom is 0.378 e. The Labute approximate surface area is 241 Å². The molecule has 0 saturated carbocycles. The van der Waals surface area contributed by atoms with Gasteiger partial charge in [0.25, 0.3) is 0 Å². The monoisotopic (exact) mass is 594 g/mol. The standard InChI is InChI=1S/C29H27FN4O7S/c30-22-11-13-24(14-12-22)42(37,38)31-15-23-16-34(33-32-23)17-25(35)26-27(39-18-20-7-3-1-4-8-20)28(29(36)41-26)40-19-21-9-5-2-6-10-21/h1-14,16,25-26,31,35H,15,17-19H2/t25-,26+/m0/s1. The van der Waals surface area contributed by atoms with Crippen LogP contribution in [-0.2, 0) is 55.3 Å². The molecule has 0 radical (unpaired) electrons. The molecule has 218 valence electrons. The molecule has 4 aromatic rings. The molecule has 0 bridgehead atoms. The smallest absolute Gasteiger partial charge is 0.378 e. The predicted octanol–water partition coefficient (Wildman–Crippen LogP) is 2.83. The van der Waals surface area contributed by atoms with E-state index in [2.05, 4.69) is 15.0 Å². The molecule has 0 amide bonds. The van der Waals surface area contributed by atoms with E-state index in [1.165, 1.54) is 10.9 Å². The summed E-state index contributed by atoms with van der Waals surface area (Å²) in [4.78, 5) is 12.7. The number of aliphatic hydroxyl groups excluding tert-OH is 1. The van der Waals surface area contributed by atoms with Crippen molar-refractivity contribution in [2.45, 2.75) is 43.4 Å². The minimum absolute atomic E-state index is 0.0553. The zero-order chi connectivity index (χ0) is 29.5. The third kappa shape index (κ3) is 7.18. The maximum atomic E-state index is 13.1. The van der Waals surface area contributed by atoms with Crippen LogP contribution in [0.2, 0.25) is 0 Å². The van der Waals surface area contributed by atoms with E-state index in [1.54, 1.807) is 0 Å². The van der Waals surface area contributed by atoms with Gasteiger partial charge in [-0.1, -0.05) is 65.9 Å². The summed E-state index contributed by atoms with van der Waals surface area (Å²) in [6, 6.07) is 22.9. The number of aromatic nitrogens is 3. The van der Waals surface area contributed by atoms with Gasteiger partial charge < -0.3 is 19.3 Å². The summed E-state index contributed by atoms with van der Waals surface area (Å²) in [7, 11) is -3.91. The lowest BCUT2D eigenvalue weighted by atomic mass is 10.1. The highest BCUT2D eigenvalue weighted by Crippen LogP contribution is 2.29. The number of ether oxygens (including phenoxy) is 3. The topological polar surface area (TPSA) is 142 Å². The predicted molar refractivity (Wildman–Crippen MR) is 146 cm³/mol. The first-order valence-corrected chi connectivity index (χ1v) is 14.4. The Balaban J connectivity index is 1.26. The Morgan fingerprint density at radius 2 is 1.57 bits per heavy atom. The lowest BCUT2D eigenvalue weighted by Crippen LogP contribution is -2.33. The summed E-state index contributed by atoms with van der Waals surface area (Å²) in [5, 5.41) is 18.9. The molecular formula is C29H27FN4O7S. The molecule has 2 atom stereocenters. The van der Waals surface area contributed by atoms with E-state index in [9.17, 15) is 22.7 Å². The fourth-order valence-electron chi connectivity index (χ4n) is 4.11. The number of nitrogens with one attached hydrogen (secondary N) is 1. The van der Waals surface area contributed by atoms with Gasteiger partial charge in [-0.2, -0.15) is 0 Å². The number of halogens is 1. The minimum atomic E-state index is -3.91. The van der Waals surface area contributed by atoms with Crippen LogP contribution in [-0.4, -0.2) is 46.7 Å². The lowest BCUT2D eigenvalue weighted by molar-refractivity contribution is -0.148. The van der Waals surface area contributed by atoms with Gasteiger partial charge in [0.2, 0.25) is 15.8 Å². The number of sulfonamides is 1. The van der Waals surface area contributed by atoms with E-state index in [0.717, 1.165) is 35.4 Å². The average Bonchev–Trinajstić information content (AvgIpc) is 3.58. The van der Waals surface area contributed by atoms with Crippen LogP contribution in [0.4, 0.5) is 4.39 Å². The molecular weight excluding hydrogens is 567 g/mol. The fourth-order valence-corrected chi connectivity index (χ4v) is 5.11.